The number of hydrogen-bond acceptors (Lipinski definition) is 0. The fraction of sp³-hybridized carbons (Fsp3) is 0.375. The molecule has 4 nitrogen and oxygen atoms in total. The number of fused-ring (bicyclic) bond motifs is 8. The zero-order valence-electron chi connectivity index (χ0n) is 22.9. The van der Waals surface area contributed by atoms with Gasteiger partial charge in [-0.1, -0.05) is 55.4 Å². The predicted octanol–water partition coefficient (Wildman–Crippen LogP) is 4.73. The molecule has 4 aromatic rings. The van der Waals surface area contributed by atoms with E-state index in [1.807, 2.05) is 0 Å². The van der Waals surface area contributed by atoms with E-state index < -0.39 is 0 Å². The number of nitrogens with one attached hydrogen (secondary N) is 4. The lowest BCUT2D eigenvalue weighted by Crippen LogP contribution is -2.21. The fourth-order valence-electron chi connectivity index (χ4n) is 5.91. The summed E-state index contributed by atoms with van der Waals surface area (Å²) < 4.78 is 0. The Morgan fingerprint density at radius 3 is 0.750 bits per heavy atom. The Kier molecular flexibility index (Phi) is 6.23. The van der Waals surface area contributed by atoms with Crippen LogP contribution in [0, 0.1) is 23.7 Å². The maximum atomic E-state index is 3.79. The third kappa shape index (κ3) is 4.13. The minimum absolute atomic E-state index is 0.365. The largest absolute Gasteiger partial charge is 0.355 e. The lowest BCUT2D eigenvalue weighted by atomic mass is 10.00. The van der Waals surface area contributed by atoms with E-state index in [0.717, 1.165) is 0 Å². The van der Waals surface area contributed by atoms with Gasteiger partial charge < -0.3 is 19.9 Å². The monoisotopic (exact) mass is 480 g/mol. The second kappa shape index (κ2) is 9.24. The minimum Gasteiger partial charge on any atom is -0.355 e. The summed E-state index contributed by atoms with van der Waals surface area (Å²) in [6, 6.07) is 17.9. The van der Waals surface area contributed by atoms with Crippen molar-refractivity contribution in [2.45, 2.75) is 55.4 Å². The summed E-state index contributed by atoms with van der Waals surface area (Å²) in [6.07, 6.45) is 0. The molecule has 36 heavy (non-hydrogen) atoms. The first kappa shape index (κ1) is 24.3. The average molecular weight is 481 g/mol. The molecular formula is C32H40N4. The third-order valence-corrected chi connectivity index (χ3v) is 7.37. The van der Waals surface area contributed by atoms with Gasteiger partial charge in [-0.3, -0.25) is 0 Å². The first-order valence-corrected chi connectivity index (χ1v) is 13.4. The Labute approximate surface area is 214 Å². The second-order valence-corrected chi connectivity index (χ2v) is 11.4. The Hall–Kier alpha value is -3.40. The lowest BCUT2D eigenvalue weighted by molar-refractivity contribution is 0.825. The van der Waals surface area contributed by atoms with Crippen LogP contribution in [0.25, 0.3) is 22.3 Å². The van der Waals surface area contributed by atoms with E-state index in [2.05, 4.69) is 124 Å². The van der Waals surface area contributed by atoms with Crippen molar-refractivity contribution in [1.82, 2.24) is 19.9 Å². The number of aromatic amines is 4. The predicted molar refractivity (Wildman–Crippen MR) is 151 cm³/mol. The minimum atomic E-state index is 0.365. The highest BCUT2D eigenvalue weighted by Crippen LogP contribution is 2.26. The molecule has 0 saturated carbocycles. The summed E-state index contributed by atoms with van der Waals surface area (Å²) >= 11 is 0. The molecule has 4 aromatic heterocycles. The number of H-pyrrole nitrogens is 4. The normalized spacial score (nSPS) is 14.3. The van der Waals surface area contributed by atoms with Crippen LogP contribution in [0.4, 0.5) is 0 Å². The molecule has 5 heterocycles. The summed E-state index contributed by atoms with van der Waals surface area (Å²) in [7, 11) is 0. The molecule has 0 saturated heterocycles. The smallest absolute Gasteiger partial charge is 0.0441 e. The van der Waals surface area contributed by atoms with Gasteiger partial charge >= 0.3 is 0 Å². The van der Waals surface area contributed by atoms with Gasteiger partial charge in [0, 0.05) is 66.5 Å². The molecule has 5 rings (SSSR count). The second-order valence-electron chi connectivity index (χ2n) is 11.4. The molecule has 4 N–H and O–H groups in total. The Morgan fingerprint density at radius 1 is 0.333 bits per heavy atom. The molecule has 1 aliphatic heterocycles. The van der Waals surface area contributed by atoms with Gasteiger partial charge in [0.1, 0.15) is 0 Å². The zero-order valence-corrected chi connectivity index (χ0v) is 22.9. The standard InChI is InChI=1S/C32H40N4/c1-17(2)29-21-9-11-23(33-21)30(18(3)4)25-13-15-27(35-25)32(20(7)8)28-16-14-26(36-28)31(19(5)6)24-12-10-22(29)34-24/h9-20,33-36H,1-8H3. The summed E-state index contributed by atoms with van der Waals surface area (Å²) in [4.78, 5) is 15.2. The van der Waals surface area contributed by atoms with Gasteiger partial charge in [-0.15, -0.1) is 0 Å². The van der Waals surface area contributed by atoms with Crippen LogP contribution >= 0.6 is 0 Å². The molecule has 188 valence electrons. The van der Waals surface area contributed by atoms with E-state index in [9.17, 15) is 0 Å². The number of aromatic nitrogens is 4. The highest BCUT2D eigenvalue weighted by molar-refractivity contribution is 5.72. The highest BCUT2D eigenvalue weighted by Gasteiger charge is 2.18. The van der Waals surface area contributed by atoms with E-state index in [1.54, 1.807) is 0 Å². The van der Waals surface area contributed by atoms with Gasteiger partial charge in [0.05, 0.1) is 0 Å². The Morgan fingerprint density at radius 2 is 0.556 bits per heavy atom. The fourth-order valence-corrected chi connectivity index (χ4v) is 5.91. The van der Waals surface area contributed by atoms with Crippen molar-refractivity contribution in [3.8, 4) is 0 Å². The maximum absolute atomic E-state index is 3.79. The van der Waals surface area contributed by atoms with E-state index in [4.69, 9.17) is 0 Å². The Bertz CT molecular complexity index is 1400. The van der Waals surface area contributed by atoms with Gasteiger partial charge in [0.2, 0.25) is 0 Å². The van der Waals surface area contributed by atoms with Crippen LogP contribution in [0.15, 0.2) is 48.5 Å². The lowest BCUT2D eigenvalue weighted by Gasteiger charge is -2.13. The van der Waals surface area contributed by atoms with Gasteiger partial charge in [-0.2, -0.15) is 0 Å². The molecule has 0 radical (unpaired) electrons. The van der Waals surface area contributed by atoms with Gasteiger partial charge in [-0.05, 0) is 72.2 Å². The molecule has 0 amide bonds. The van der Waals surface area contributed by atoms with Crippen molar-refractivity contribution in [2.24, 2.45) is 23.7 Å². The topological polar surface area (TPSA) is 63.2 Å². The first-order chi connectivity index (χ1) is 17.2. The summed E-state index contributed by atoms with van der Waals surface area (Å²) in [5.41, 5.74) is 9.92. The molecule has 0 atom stereocenters. The van der Waals surface area contributed by atoms with Crippen LogP contribution in [-0.4, -0.2) is 19.9 Å². The highest BCUT2D eigenvalue weighted by atomic mass is 14.8. The van der Waals surface area contributed by atoms with Crippen LogP contribution in [0.5, 0.6) is 0 Å². The molecular weight excluding hydrogens is 440 g/mol. The van der Waals surface area contributed by atoms with E-state index in [0.29, 0.717) is 23.7 Å². The van der Waals surface area contributed by atoms with Crippen molar-refractivity contribution in [3.05, 3.63) is 92.7 Å². The van der Waals surface area contributed by atoms with Gasteiger partial charge in [-0.25, -0.2) is 0 Å². The molecule has 0 fully saturated rings. The third-order valence-electron chi connectivity index (χ3n) is 7.37. The average Bonchev–Trinajstić information content (AvgIpc) is 3.57. The quantitative estimate of drug-likeness (QED) is 0.326. The Balaban J connectivity index is 1.96. The van der Waals surface area contributed by atoms with Crippen molar-refractivity contribution in [2.75, 3.05) is 0 Å². The first-order valence-electron chi connectivity index (χ1n) is 13.4. The molecule has 8 bridgehead atoms. The molecule has 0 aromatic carbocycles. The van der Waals surface area contributed by atoms with Crippen molar-refractivity contribution < 1.29 is 0 Å². The zero-order chi connectivity index (χ0) is 25.7. The van der Waals surface area contributed by atoms with E-state index in [1.165, 1.54) is 66.5 Å². The molecule has 4 heteroatoms. The molecule has 0 aliphatic carbocycles. The van der Waals surface area contributed by atoms with Crippen LogP contribution < -0.4 is 21.4 Å². The SMILES string of the molecule is CC(C)C1=c2ccc([nH]2)=C(C(C)C)c2ccc([nH]2)C(C(C)C)=c2ccc([nH]2)=C(C(C)C)c2ccc1[nH]2. The van der Waals surface area contributed by atoms with Crippen LogP contribution in [0.1, 0.15) is 78.2 Å². The van der Waals surface area contributed by atoms with Crippen LogP contribution in [-0.2, 0) is 0 Å². The van der Waals surface area contributed by atoms with Gasteiger partial charge in [0.25, 0.3) is 0 Å². The summed E-state index contributed by atoms with van der Waals surface area (Å²) in [6.45, 7) is 18.2. The number of rotatable bonds is 4. The van der Waals surface area contributed by atoms with Crippen molar-refractivity contribution >= 4 is 22.3 Å². The number of hydrogen-bond donors (Lipinski definition) is 4. The van der Waals surface area contributed by atoms with E-state index in [-0.39, 0.29) is 0 Å². The summed E-state index contributed by atoms with van der Waals surface area (Å²) in [5, 5.41) is 4.70. The summed E-state index contributed by atoms with van der Waals surface area (Å²) in [5.74, 6) is 1.46. The van der Waals surface area contributed by atoms with Crippen LogP contribution in [0.2, 0.25) is 0 Å². The molecule has 0 unspecified atom stereocenters. The van der Waals surface area contributed by atoms with Gasteiger partial charge in [0.15, 0.2) is 0 Å². The van der Waals surface area contributed by atoms with E-state index >= 15 is 0 Å². The van der Waals surface area contributed by atoms with Crippen molar-refractivity contribution in [3.63, 3.8) is 0 Å². The van der Waals surface area contributed by atoms with Crippen molar-refractivity contribution in [1.29, 1.82) is 0 Å². The maximum Gasteiger partial charge on any atom is 0.0441 e. The molecule has 0 spiro atoms. The molecule has 1 aliphatic rings. The van der Waals surface area contributed by atoms with Crippen LogP contribution in [0.3, 0.4) is 0 Å².